The van der Waals surface area contributed by atoms with E-state index < -0.39 is 29.0 Å². The summed E-state index contributed by atoms with van der Waals surface area (Å²) in [5.74, 6) is 4.27. The van der Waals surface area contributed by atoms with Crippen molar-refractivity contribution in [2.45, 2.75) is 25.6 Å². The van der Waals surface area contributed by atoms with Crippen molar-refractivity contribution in [1.82, 2.24) is 9.97 Å². The summed E-state index contributed by atoms with van der Waals surface area (Å²) in [6.07, 6.45) is -4.82. The second kappa shape index (κ2) is 8.38. The van der Waals surface area contributed by atoms with Crippen molar-refractivity contribution in [3.8, 4) is 40.2 Å². The summed E-state index contributed by atoms with van der Waals surface area (Å²) in [5.41, 5.74) is 0.222. The Labute approximate surface area is 207 Å². The molecule has 9 heteroatoms. The molecule has 182 valence electrons. The molecule has 0 bridgehead atoms. The van der Waals surface area contributed by atoms with Crippen LogP contribution in [-0.2, 0) is 11.8 Å². The molecule has 0 atom stereocenters. The average molecular weight is 515 g/mol. The minimum absolute atomic E-state index is 0.0185. The van der Waals surface area contributed by atoms with Crippen molar-refractivity contribution < 1.29 is 26.7 Å². The fourth-order valence-corrected chi connectivity index (χ4v) is 4.28. The van der Waals surface area contributed by atoms with E-state index in [0.717, 1.165) is 6.07 Å². The Morgan fingerprint density at radius 3 is 2.33 bits per heavy atom. The molecule has 0 spiro atoms. The van der Waals surface area contributed by atoms with Crippen LogP contribution in [0.3, 0.4) is 0 Å². The average Bonchev–Trinajstić information content (AvgIpc) is 3.23. The highest BCUT2D eigenvalue weighted by Gasteiger charge is 2.37. The quantitative estimate of drug-likeness (QED) is 0.208. The minimum atomic E-state index is -4.82. The zero-order chi connectivity index (χ0) is 25.8. The summed E-state index contributed by atoms with van der Waals surface area (Å²) in [6.45, 7) is 3.61. The molecule has 0 saturated carbocycles. The Morgan fingerprint density at radius 1 is 0.944 bits per heavy atom. The molecule has 0 saturated heterocycles. The van der Waals surface area contributed by atoms with Crippen LogP contribution in [-0.4, -0.2) is 9.97 Å². The predicted octanol–water partition coefficient (Wildman–Crippen LogP) is 7.72. The van der Waals surface area contributed by atoms with Crippen molar-refractivity contribution in [2.24, 2.45) is 0 Å². The Hall–Kier alpha value is -3.83. The van der Waals surface area contributed by atoms with Gasteiger partial charge in [0.15, 0.2) is 0 Å². The molecule has 0 radical (unpaired) electrons. The molecule has 3 nitrogen and oxygen atoms in total. The number of aromatic nitrogens is 2. The first kappa shape index (κ1) is 23.9. The number of fused-ring (bicyclic) bond motifs is 3. The number of hydrogen-bond acceptors (Lipinski definition) is 2. The minimum Gasteiger partial charge on any atom is -0.481 e. The standard InChI is InChI=1S/C27H16ClF5N2O/c1-26(2)24-23(34-25(35-24)22-18(28)4-3-5-20(22)30)16-10-8-15(13-21(16)36-26)7-6-14-9-11-19(29)17(12-14)27(31,32)33/h3-5,8-13H,1-2H3,(H,34,35). The maximum absolute atomic E-state index is 14.5. The fraction of sp³-hybridized carbons (Fsp3) is 0.148. The molecular weight excluding hydrogens is 499 g/mol. The molecule has 1 aromatic heterocycles. The van der Waals surface area contributed by atoms with Gasteiger partial charge in [0.2, 0.25) is 0 Å². The van der Waals surface area contributed by atoms with Gasteiger partial charge in [-0.05, 0) is 62.4 Å². The molecule has 1 aliphatic rings. The molecule has 5 rings (SSSR count). The number of benzene rings is 3. The first-order chi connectivity index (χ1) is 16.9. The number of imidazole rings is 1. The van der Waals surface area contributed by atoms with Crippen LogP contribution in [0.25, 0.3) is 22.6 Å². The monoisotopic (exact) mass is 514 g/mol. The van der Waals surface area contributed by atoms with Gasteiger partial charge in [0, 0.05) is 16.7 Å². The number of halogens is 6. The molecule has 1 N–H and O–H groups in total. The third kappa shape index (κ3) is 4.20. The highest BCUT2D eigenvalue weighted by Crippen LogP contribution is 2.45. The van der Waals surface area contributed by atoms with E-state index in [9.17, 15) is 22.0 Å². The molecule has 4 aromatic rings. The third-order valence-corrected chi connectivity index (χ3v) is 6.03. The number of nitrogens with zero attached hydrogens (tertiary/aromatic N) is 1. The van der Waals surface area contributed by atoms with Crippen molar-refractivity contribution in [1.29, 1.82) is 0 Å². The molecule has 0 unspecified atom stereocenters. The molecule has 0 aliphatic carbocycles. The molecule has 1 aliphatic heterocycles. The maximum Gasteiger partial charge on any atom is 0.419 e. The van der Waals surface area contributed by atoms with Gasteiger partial charge < -0.3 is 9.72 Å². The fourth-order valence-electron chi connectivity index (χ4n) is 4.03. The van der Waals surface area contributed by atoms with E-state index in [1.807, 2.05) is 0 Å². The smallest absolute Gasteiger partial charge is 0.419 e. The number of aromatic amines is 1. The van der Waals surface area contributed by atoms with Crippen LogP contribution in [0.5, 0.6) is 5.75 Å². The largest absolute Gasteiger partial charge is 0.481 e. The van der Waals surface area contributed by atoms with Gasteiger partial charge in [-0.15, -0.1) is 0 Å². The molecule has 3 aromatic carbocycles. The summed E-state index contributed by atoms with van der Waals surface area (Å²) in [4.78, 5) is 7.73. The first-order valence-electron chi connectivity index (χ1n) is 10.7. The summed E-state index contributed by atoms with van der Waals surface area (Å²) in [7, 11) is 0. The second-order valence-corrected chi connectivity index (χ2v) is 9.08. The zero-order valence-corrected chi connectivity index (χ0v) is 19.6. The Kier molecular flexibility index (Phi) is 5.56. The molecular formula is C27H16ClF5N2O. The van der Waals surface area contributed by atoms with E-state index in [4.69, 9.17) is 16.3 Å². The van der Waals surface area contributed by atoms with Crippen molar-refractivity contribution in [3.05, 3.63) is 93.6 Å². The first-order valence-corrected chi connectivity index (χ1v) is 11.1. The molecule has 36 heavy (non-hydrogen) atoms. The van der Waals surface area contributed by atoms with Gasteiger partial charge in [0.1, 0.15) is 34.5 Å². The number of alkyl halides is 3. The highest BCUT2D eigenvalue weighted by molar-refractivity contribution is 6.33. The van der Waals surface area contributed by atoms with Crippen LogP contribution in [0, 0.1) is 23.5 Å². The van der Waals surface area contributed by atoms with E-state index in [1.54, 1.807) is 38.1 Å². The predicted molar refractivity (Wildman–Crippen MR) is 125 cm³/mol. The third-order valence-electron chi connectivity index (χ3n) is 5.71. The second-order valence-electron chi connectivity index (χ2n) is 8.67. The van der Waals surface area contributed by atoms with Crippen molar-refractivity contribution in [3.63, 3.8) is 0 Å². The lowest BCUT2D eigenvalue weighted by atomic mass is 9.94. The molecule has 0 fully saturated rings. The van der Waals surface area contributed by atoms with Gasteiger partial charge in [0.25, 0.3) is 0 Å². The Bertz CT molecular complexity index is 1560. The number of rotatable bonds is 1. The maximum atomic E-state index is 14.5. The molecule has 0 amide bonds. The number of ether oxygens (including phenoxy) is 1. The van der Waals surface area contributed by atoms with Crippen LogP contribution in [0.4, 0.5) is 22.0 Å². The number of nitrogens with one attached hydrogen (secondary N) is 1. The van der Waals surface area contributed by atoms with Crippen LogP contribution in [0.1, 0.15) is 36.2 Å². The lowest BCUT2D eigenvalue weighted by Crippen LogP contribution is -2.29. The molecule has 2 heterocycles. The van der Waals surface area contributed by atoms with E-state index >= 15 is 0 Å². The van der Waals surface area contributed by atoms with Gasteiger partial charge >= 0.3 is 6.18 Å². The van der Waals surface area contributed by atoms with E-state index in [1.165, 1.54) is 18.2 Å². The van der Waals surface area contributed by atoms with E-state index in [0.29, 0.717) is 34.3 Å². The van der Waals surface area contributed by atoms with Gasteiger partial charge in [-0.3, -0.25) is 0 Å². The summed E-state index contributed by atoms with van der Waals surface area (Å²) in [6, 6.07) is 12.0. The van der Waals surface area contributed by atoms with Crippen LogP contribution < -0.4 is 4.74 Å². The van der Waals surface area contributed by atoms with Gasteiger partial charge in [-0.1, -0.05) is 29.5 Å². The van der Waals surface area contributed by atoms with E-state index in [-0.39, 0.29) is 22.0 Å². The highest BCUT2D eigenvalue weighted by atomic mass is 35.5. The van der Waals surface area contributed by atoms with Crippen LogP contribution in [0.15, 0.2) is 54.6 Å². The van der Waals surface area contributed by atoms with Crippen molar-refractivity contribution in [2.75, 3.05) is 0 Å². The summed E-state index contributed by atoms with van der Waals surface area (Å²) in [5, 5.41) is 0.208. The Morgan fingerprint density at radius 2 is 1.64 bits per heavy atom. The van der Waals surface area contributed by atoms with Crippen LogP contribution in [0.2, 0.25) is 5.02 Å². The summed E-state index contributed by atoms with van der Waals surface area (Å²) < 4.78 is 73.2. The van der Waals surface area contributed by atoms with Gasteiger partial charge in [-0.25, -0.2) is 13.8 Å². The van der Waals surface area contributed by atoms with Crippen molar-refractivity contribution >= 4 is 11.6 Å². The topological polar surface area (TPSA) is 37.9 Å². The lowest BCUT2D eigenvalue weighted by Gasteiger charge is -2.31. The number of hydrogen-bond donors (Lipinski definition) is 1. The van der Waals surface area contributed by atoms with E-state index in [2.05, 4.69) is 21.8 Å². The number of H-pyrrole nitrogens is 1. The normalized spacial score (nSPS) is 13.8. The van der Waals surface area contributed by atoms with Gasteiger partial charge in [0.05, 0.1) is 21.8 Å². The van der Waals surface area contributed by atoms with Gasteiger partial charge in [-0.2, -0.15) is 13.2 Å². The van der Waals surface area contributed by atoms with Crippen LogP contribution >= 0.6 is 11.6 Å². The lowest BCUT2D eigenvalue weighted by molar-refractivity contribution is -0.140. The SMILES string of the molecule is CC1(C)Oc2cc(C#Cc3ccc(F)c(C(F)(F)F)c3)ccc2-c2[nH]c(-c3c(F)cccc3Cl)nc21. The summed E-state index contributed by atoms with van der Waals surface area (Å²) >= 11 is 6.22. The Balaban J connectivity index is 1.54. The zero-order valence-electron chi connectivity index (χ0n) is 18.8.